The molecule has 5 rings (SSSR count). The van der Waals surface area contributed by atoms with E-state index in [-0.39, 0.29) is 5.91 Å². The summed E-state index contributed by atoms with van der Waals surface area (Å²) in [6.45, 7) is 4.73. The predicted molar refractivity (Wildman–Crippen MR) is 127 cm³/mol. The Balaban J connectivity index is 1.43. The summed E-state index contributed by atoms with van der Waals surface area (Å²) < 4.78 is 6.24. The highest BCUT2D eigenvalue weighted by Crippen LogP contribution is 2.38. The number of hydrogen-bond acceptors (Lipinski definition) is 5. The summed E-state index contributed by atoms with van der Waals surface area (Å²) in [5.41, 5.74) is 3.92. The SMILES string of the molecule is Cc1ccc2c(c1)Oc1ccccc1C(N1CCCN(C(=O)c3cccc(C#N)c3)CC1)=N2. The first kappa shape index (κ1) is 20.8. The van der Waals surface area contributed by atoms with Gasteiger partial charge in [0.15, 0.2) is 5.75 Å². The van der Waals surface area contributed by atoms with E-state index in [0.29, 0.717) is 30.8 Å². The second-order valence-corrected chi connectivity index (χ2v) is 8.33. The predicted octanol–water partition coefficient (Wildman–Crippen LogP) is 4.90. The van der Waals surface area contributed by atoms with Gasteiger partial charge in [-0.2, -0.15) is 5.26 Å². The molecule has 0 aromatic heterocycles. The topological polar surface area (TPSA) is 68.9 Å². The molecule has 1 saturated heterocycles. The Labute approximate surface area is 193 Å². The van der Waals surface area contributed by atoms with Gasteiger partial charge in [0.2, 0.25) is 0 Å². The molecule has 33 heavy (non-hydrogen) atoms. The number of nitrogens with zero attached hydrogens (tertiary/aromatic N) is 4. The van der Waals surface area contributed by atoms with Gasteiger partial charge in [-0.15, -0.1) is 0 Å². The highest BCUT2D eigenvalue weighted by atomic mass is 16.5. The summed E-state index contributed by atoms with van der Waals surface area (Å²) in [6, 6.07) is 23.0. The molecule has 6 nitrogen and oxygen atoms in total. The minimum Gasteiger partial charge on any atom is -0.454 e. The third-order valence-corrected chi connectivity index (χ3v) is 6.01. The van der Waals surface area contributed by atoms with Gasteiger partial charge in [-0.25, -0.2) is 4.99 Å². The number of hydrogen-bond donors (Lipinski definition) is 0. The van der Waals surface area contributed by atoms with E-state index in [1.807, 2.05) is 54.3 Å². The van der Waals surface area contributed by atoms with Crippen LogP contribution < -0.4 is 4.74 Å². The number of nitriles is 1. The Bertz CT molecular complexity index is 1290. The lowest BCUT2D eigenvalue weighted by Gasteiger charge is -2.25. The number of aryl methyl sites for hydroxylation is 1. The molecule has 0 bridgehead atoms. The first-order valence-electron chi connectivity index (χ1n) is 11.1. The molecule has 0 saturated carbocycles. The summed E-state index contributed by atoms with van der Waals surface area (Å²) >= 11 is 0. The number of carbonyl (C=O) groups excluding carboxylic acids is 1. The van der Waals surface area contributed by atoms with Crippen LogP contribution in [-0.4, -0.2) is 47.7 Å². The van der Waals surface area contributed by atoms with Gasteiger partial charge in [-0.1, -0.05) is 24.3 Å². The van der Waals surface area contributed by atoms with Gasteiger partial charge in [0.1, 0.15) is 17.3 Å². The fourth-order valence-electron chi connectivity index (χ4n) is 4.31. The smallest absolute Gasteiger partial charge is 0.253 e. The first-order chi connectivity index (χ1) is 16.1. The number of rotatable bonds is 1. The largest absolute Gasteiger partial charge is 0.454 e. The second-order valence-electron chi connectivity index (χ2n) is 8.33. The van der Waals surface area contributed by atoms with E-state index in [4.69, 9.17) is 15.0 Å². The Kier molecular flexibility index (Phi) is 5.54. The van der Waals surface area contributed by atoms with Gasteiger partial charge in [0.05, 0.1) is 17.2 Å². The van der Waals surface area contributed by atoms with Crippen LogP contribution in [0.4, 0.5) is 5.69 Å². The third-order valence-electron chi connectivity index (χ3n) is 6.01. The number of aliphatic imine (C=N–C) groups is 1. The van der Waals surface area contributed by atoms with Crippen molar-refractivity contribution in [3.05, 3.63) is 89.0 Å². The summed E-state index contributed by atoms with van der Waals surface area (Å²) in [4.78, 5) is 22.2. The maximum atomic E-state index is 13.1. The molecular weight excluding hydrogens is 412 g/mol. The molecular formula is C27H24N4O2. The highest BCUT2D eigenvalue weighted by Gasteiger charge is 2.26. The number of carbonyl (C=O) groups is 1. The average molecular weight is 437 g/mol. The lowest BCUT2D eigenvalue weighted by Crippen LogP contribution is -2.37. The molecule has 2 aliphatic rings. The Hall–Kier alpha value is -4.11. The molecule has 2 aliphatic heterocycles. The van der Waals surface area contributed by atoms with Crippen molar-refractivity contribution in [2.45, 2.75) is 13.3 Å². The van der Waals surface area contributed by atoms with Crippen molar-refractivity contribution >= 4 is 17.4 Å². The molecule has 164 valence electrons. The van der Waals surface area contributed by atoms with E-state index >= 15 is 0 Å². The van der Waals surface area contributed by atoms with Crippen LogP contribution in [0.1, 0.15) is 33.5 Å². The molecule has 2 heterocycles. The van der Waals surface area contributed by atoms with Crippen LogP contribution in [0.25, 0.3) is 0 Å². The monoisotopic (exact) mass is 436 g/mol. The lowest BCUT2D eigenvalue weighted by atomic mass is 10.1. The third kappa shape index (κ3) is 4.18. The molecule has 0 atom stereocenters. The fraction of sp³-hybridized carbons (Fsp3) is 0.222. The Morgan fingerprint density at radius 3 is 2.73 bits per heavy atom. The van der Waals surface area contributed by atoms with Crippen molar-refractivity contribution in [1.29, 1.82) is 5.26 Å². The lowest BCUT2D eigenvalue weighted by molar-refractivity contribution is 0.0764. The van der Waals surface area contributed by atoms with Crippen LogP contribution >= 0.6 is 0 Å². The van der Waals surface area contributed by atoms with Crippen molar-refractivity contribution < 1.29 is 9.53 Å². The molecule has 3 aromatic carbocycles. The van der Waals surface area contributed by atoms with Crippen molar-refractivity contribution in [1.82, 2.24) is 9.80 Å². The maximum absolute atomic E-state index is 13.1. The molecule has 3 aromatic rings. The molecule has 0 N–H and O–H groups in total. The quantitative estimate of drug-likeness (QED) is 0.544. The van der Waals surface area contributed by atoms with Crippen molar-refractivity contribution in [3.8, 4) is 17.6 Å². The zero-order valence-electron chi connectivity index (χ0n) is 18.5. The van der Waals surface area contributed by atoms with E-state index in [0.717, 1.165) is 47.1 Å². The normalized spacial score (nSPS) is 15.2. The average Bonchev–Trinajstić information content (AvgIpc) is 3.18. The van der Waals surface area contributed by atoms with Gasteiger partial charge in [0, 0.05) is 31.7 Å². The van der Waals surface area contributed by atoms with E-state index in [2.05, 4.69) is 11.0 Å². The Morgan fingerprint density at radius 2 is 1.85 bits per heavy atom. The van der Waals surface area contributed by atoms with Crippen LogP contribution in [0.3, 0.4) is 0 Å². The number of ether oxygens (including phenoxy) is 1. The van der Waals surface area contributed by atoms with E-state index in [1.165, 1.54) is 0 Å². The molecule has 0 aliphatic carbocycles. The molecule has 6 heteroatoms. The van der Waals surface area contributed by atoms with Gasteiger partial charge in [-0.05, 0) is 61.4 Å². The van der Waals surface area contributed by atoms with E-state index in [9.17, 15) is 4.79 Å². The molecule has 0 radical (unpaired) electrons. The molecule has 0 spiro atoms. The summed E-state index contributed by atoms with van der Waals surface area (Å²) in [5.74, 6) is 2.36. The minimum atomic E-state index is -0.0405. The first-order valence-corrected chi connectivity index (χ1v) is 11.1. The van der Waals surface area contributed by atoms with Gasteiger partial charge < -0.3 is 14.5 Å². The Morgan fingerprint density at radius 1 is 0.970 bits per heavy atom. The summed E-state index contributed by atoms with van der Waals surface area (Å²) in [6.07, 6.45) is 0.826. The van der Waals surface area contributed by atoms with Crippen molar-refractivity contribution in [3.63, 3.8) is 0 Å². The fourth-order valence-corrected chi connectivity index (χ4v) is 4.31. The molecule has 1 amide bonds. The van der Waals surface area contributed by atoms with Crippen LogP contribution in [-0.2, 0) is 0 Å². The number of para-hydroxylation sites is 1. The molecule has 0 unspecified atom stereocenters. The summed E-state index contributed by atoms with van der Waals surface area (Å²) in [5, 5.41) is 9.16. The number of benzene rings is 3. The van der Waals surface area contributed by atoms with Crippen LogP contribution in [0.15, 0.2) is 71.7 Å². The van der Waals surface area contributed by atoms with Gasteiger partial charge in [-0.3, -0.25) is 4.79 Å². The zero-order valence-corrected chi connectivity index (χ0v) is 18.5. The van der Waals surface area contributed by atoms with Crippen molar-refractivity contribution in [2.75, 3.05) is 26.2 Å². The minimum absolute atomic E-state index is 0.0405. The standard InChI is InChI=1S/C27H24N4O2/c1-19-10-11-23-25(16-19)33-24-9-3-2-8-22(24)26(29-23)30-12-5-13-31(15-14-30)27(32)21-7-4-6-20(17-21)18-28/h2-4,6-11,16-17H,5,12-15H2,1H3. The van der Waals surface area contributed by atoms with E-state index in [1.54, 1.807) is 24.3 Å². The number of amidine groups is 1. The van der Waals surface area contributed by atoms with E-state index < -0.39 is 0 Å². The van der Waals surface area contributed by atoms with Gasteiger partial charge in [0.25, 0.3) is 5.91 Å². The molecule has 1 fully saturated rings. The van der Waals surface area contributed by atoms with Crippen LogP contribution in [0, 0.1) is 18.3 Å². The summed E-state index contributed by atoms with van der Waals surface area (Å²) in [7, 11) is 0. The van der Waals surface area contributed by atoms with Crippen LogP contribution in [0.2, 0.25) is 0 Å². The maximum Gasteiger partial charge on any atom is 0.253 e. The second kappa shape index (κ2) is 8.79. The number of fused-ring (bicyclic) bond motifs is 2. The van der Waals surface area contributed by atoms with Crippen LogP contribution in [0.5, 0.6) is 11.5 Å². The highest BCUT2D eigenvalue weighted by molar-refractivity contribution is 6.04. The van der Waals surface area contributed by atoms with Crippen molar-refractivity contribution in [2.24, 2.45) is 4.99 Å². The zero-order chi connectivity index (χ0) is 22.8. The number of amides is 1. The van der Waals surface area contributed by atoms with Gasteiger partial charge >= 0.3 is 0 Å².